The summed E-state index contributed by atoms with van der Waals surface area (Å²) in [6.07, 6.45) is 18.7. The van der Waals surface area contributed by atoms with Crippen molar-refractivity contribution in [3.63, 3.8) is 0 Å². The molecule has 0 saturated heterocycles. The molecular formula is C23H38N2. The van der Waals surface area contributed by atoms with Crippen molar-refractivity contribution in [2.24, 2.45) is 0 Å². The van der Waals surface area contributed by atoms with Crippen molar-refractivity contribution >= 4 is 0 Å². The molecule has 2 heteroatoms. The van der Waals surface area contributed by atoms with E-state index < -0.39 is 0 Å². The van der Waals surface area contributed by atoms with Gasteiger partial charge in [0.05, 0.1) is 0 Å². The molecule has 0 amide bonds. The van der Waals surface area contributed by atoms with Crippen molar-refractivity contribution < 1.29 is 0 Å². The zero-order valence-electron chi connectivity index (χ0n) is 16.5. The average molecular weight is 343 g/mol. The second-order valence-electron chi connectivity index (χ2n) is 7.44. The van der Waals surface area contributed by atoms with Crippen LogP contribution in [0.5, 0.6) is 0 Å². The summed E-state index contributed by atoms with van der Waals surface area (Å²) in [5, 5.41) is 0. The molecule has 1 heterocycles. The Hall–Kier alpha value is -1.44. The molecule has 1 aliphatic rings. The normalized spacial score (nSPS) is 16.8. The lowest BCUT2D eigenvalue weighted by molar-refractivity contribution is 0.132. The van der Waals surface area contributed by atoms with Gasteiger partial charge in [-0.25, -0.2) is 0 Å². The molecule has 0 aliphatic carbocycles. The molecule has 1 atom stereocenters. The predicted octanol–water partition coefficient (Wildman–Crippen LogP) is 6.54. The second kappa shape index (κ2) is 12.0. The number of hydrogen-bond donors (Lipinski definition) is 0. The van der Waals surface area contributed by atoms with Crippen LogP contribution in [0.15, 0.2) is 42.7 Å². The van der Waals surface area contributed by atoms with Gasteiger partial charge in [-0.3, -0.25) is 0 Å². The zero-order chi connectivity index (χ0) is 17.7. The van der Waals surface area contributed by atoms with Crippen LogP contribution in [0.25, 0.3) is 0 Å². The summed E-state index contributed by atoms with van der Waals surface area (Å²) in [4.78, 5) is 5.15. The lowest BCUT2D eigenvalue weighted by atomic mass is 10.1. The lowest BCUT2D eigenvalue weighted by Crippen LogP contribution is -2.38. The third-order valence-corrected chi connectivity index (χ3v) is 5.26. The van der Waals surface area contributed by atoms with Crippen LogP contribution in [-0.2, 0) is 6.54 Å². The van der Waals surface area contributed by atoms with Crippen LogP contribution >= 0.6 is 0 Å². The number of nitrogens with zero attached hydrogens (tertiary/aromatic N) is 2. The standard InChI is InChI=1S/C23H38N2/c1-3-5-7-9-14-18-24-19-20-25(21-22-15-11-10-12-16-22)23(24)17-13-8-6-4-2/h10-12,15-16,19-20,23H,3-9,13-14,17-18,21H2,1-2H3. The van der Waals surface area contributed by atoms with E-state index >= 15 is 0 Å². The Balaban J connectivity index is 1.85. The monoisotopic (exact) mass is 342 g/mol. The highest BCUT2D eigenvalue weighted by Gasteiger charge is 2.25. The molecule has 0 N–H and O–H groups in total. The van der Waals surface area contributed by atoms with Crippen molar-refractivity contribution in [1.82, 2.24) is 9.80 Å². The van der Waals surface area contributed by atoms with Crippen LogP contribution in [0, 0.1) is 0 Å². The first-order valence-corrected chi connectivity index (χ1v) is 10.6. The Kier molecular flexibility index (Phi) is 9.54. The highest BCUT2D eigenvalue weighted by molar-refractivity contribution is 5.15. The van der Waals surface area contributed by atoms with E-state index in [1.165, 1.54) is 76.3 Å². The van der Waals surface area contributed by atoms with E-state index in [1.807, 2.05) is 0 Å². The Morgan fingerprint density at radius 2 is 1.36 bits per heavy atom. The van der Waals surface area contributed by atoms with E-state index in [0.29, 0.717) is 6.17 Å². The van der Waals surface area contributed by atoms with Gasteiger partial charge < -0.3 is 9.80 Å². The van der Waals surface area contributed by atoms with Crippen LogP contribution < -0.4 is 0 Å². The van der Waals surface area contributed by atoms with Gasteiger partial charge in [-0.05, 0) is 24.8 Å². The van der Waals surface area contributed by atoms with Crippen molar-refractivity contribution in [1.29, 1.82) is 0 Å². The summed E-state index contributed by atoms with van der Waals surface area (Å²) in [5.74, 6) is 0. The molecule has 2 rings (SSSR count). The number of benzene rings is 1. The summed E-state index contributed by atoms with van der Waals surface area (Å²) in [5.41, 5.74) is 1.41. The number of unbranched alkanes of at least 4 members (excludes halogenated alkanes) is 7. The van der Waals surface area contributed by atoms with Gasteiger partial charge in [0.25, 0.3) is 0 Å². The van der Waals surface area contributed by atoms with Gasteiger partial charge in [-0.1, -0.05) is 89.1 Å². The van der Waals surface area contributed by atoms with Crippen LogP contribution in [0.1, 0.15) is 83.6 Å². The van der Waals surface area contributed by atoms with Gasteiger partial charge in [0.1, 0.15) is 6.17 Å². The summed E-state index contributed by atoms with van der Waals surface area (Å²) >= 11 is 0. The summed E-state index contributed by atoms with van der Waals surface area (Å²) in [6, 6.07) is 10.9. The van der Waals surface area contributed by atoms with Gasteiger partial charge in [-0.15, -0.1) is 0 Å². The minimum absolute atomic E-state index is 0.559. The predicted molar refractivity (Wildman–Crippen MR) is 109 cm³/mol. The van der Waals surface area contributed by atoms with Crippen LogP contribution in [0.3, 0.4) is 0 Å². The molecule has 0 aromatic heterocycles. The smallest absolute Gasteiger partial charge is 0.101 e. The summed E-state index contributed by atoms with van der Waals surface area (Å²) < 4.78 is 0. The molecule has 0 bridgehead atoms. The SMILES string of the molecule is CCCCCCCN1C=CN(Cc2ccccc2)C1CCCCCC. The molecule has 1 aliphatic heterocycles. The van der Waals surface area contributed by atoms with Crippen LogP contribution in [0.2, 0.25) is 0 Å². The molecule has 0 saturated carbocycles. The van der Waals surface area contributed by atoms with E-state index in [4.69, 9.17) is 0 Å². The molecule has 1 unspecified atom stereocenters. The molecule has 2 nitrogen and oxygen atoms in total. The minimum atomic E-state index is 0.559. The molecule has 140 valence electrons. The van der Waals surface area contributed by atoms with Gasteiger partial charge in [-0.2, -0.15) is 0 Å². The number of rotatable bonds is 13. The largest absolute Gasteiger partial charge is 0.356 e. The molecule has 1 aromatic rings. The van der Waals surface area contributed by atoms with Crippen molar-refractivity contribution in [2.75, 3.05) is 6.54 Å². The fourth-order valence-corrected chi connectivity index (χ4v) is 3.72. The molecule has 0 fully saturated rings. The molecule has 0 radical (unpaired) electrons. The lowest BCUT2D eigenvalue weighted by Gasteiger charge is -2.33. The van der Waals surface area contributed by atoms with Gasteiger partial charge >= 0.3 is 0 Å². The van der Waals surface area contributed by atoms with Gasteiger partial charge in [0.15, 0.2) is 0 Å². The quantitative estimate of drug-likeness (QED) is 0.375. The first-order valence-electron chi connectivity index (χ1n) is 10.6. The Labute approximate surface area is 155 Å². The van der Waals surface area contributed by atoms with E-state index in [0.717, 1.165) is 6.54 Å². The summed E-state index contributed by atoms with van der Waals surface area (Å²) in [7, 11) is 0. The maximum atomic E-state index is 2.60. The highest BCUT2D eigenvalue weighted by atomic mass is 15.4. The van der Waals surface area contributed by atoms with Crippen LogP contribution in [-0.4, -0.2) is 22.5 Å². The van der Waals surface area contributed by atoms with Gasteiger partial charge in [0.2, 0.25) is 0 Å². The van der Waals surface area contributed by atoms with E-state index in [-0.39, 0.29) is 0 Å². The highest BCUT2D eigenvalue weighted by Crippen LogP contribution is 2.24. The second-order valence-corrected chi connectivity index (χ2v) is 7.44. The van der Waals surface area contributed by atoms with Crippen molar-refractivity contribution in [2.45, 2.75) is 90.8 Å². The molecular weight excluding hydrogens is 304 g/mol. The number of hydrogen-bond acceptors (Lipinski definition) is 2. The Morgan fingerprint density at radius 3 is 2.08 bits per heavy atom. The maximum Gasteiger partial charge on any atom is 0.101 e. The maximum absolute atomic E-state index is 2.60. The third kappa shape index (κ3) is 7.13. The van der Waals surface area contributed by atoms with Crippen molar-refractivity contribution in [3.8, 4) is 0 Å². The fraction of sp³-hybridized carbons (Fsp3) is 0.652. The molecule has 0 spiro atoms. The summed E-state index contributed by atoms with van der Waals surface area (Å²) in [6.45, 7) is 6.82. The topological polar surface area (TPSA) is 6.48 Å². The fourth-order valence-electron chi connectivity index (χ4n) is 3.72. The Bertz CT molecular complexity index is 468. The van der Waals surface area contributed by atoms with Crippen molar-refractivity contribution in [3.05, 3.63) is 48.3 Å². The first kappa shape index (κ1) is 19.9. The van der Waals surface area contributed by atoms with E-state index in [1.54, 1.807) is 0 Å². The van der Waals surface area contributed by atoms with Gasteiger partial charge in [0, 0.05) is 25.5 Å². The molecule has 1 aromatic carbocycles. The minimum Gasteiger partial charge on any atom is -0.356 e. The zero-order valence-corrected chi connectivity index (χ0v) is 16.5. The molecule has 25 heavy (non-hydrogen) atoms. The van der Waals surface area contributed by atoms with Crippen LogP contribution in [0.4, 0.5) is 0 Å². The van der Waals surface area contributed by atoms with E-state index in [9.17, 15) is 0 Å². The first-order chi connectivity index (χ1) is 12.3. The Morgan fingerprint density at radius 1 is 0.720 bits per heavy atom. The third-order valence-electron chi connectivity index (χ3n) is 5.26. The van der Waals surface area contributed by atoms with E-state index in [2.05, 4.69) is 66.4 Å². The average Bonchev–Trinajstić information content (AvgIpc) is 3.01.